The van der Waals surface area contributed by atoms with Crippen molar-refractivity contribution in [3.05, 3.63) is 11.8 Å². The summed E-state index contributed by atoms with van der Waals surface area (Å²) in [5.74, 6) is 2.83. The number of nitrogens with zero attached hydrogens (tertiary/aromatic N) is 2. The van der Waals surface area contributed by atoms with Gasteiger partial charge >= 0.3 is 0 Å². The fourth-order valence-corrected chi connectivity index (χ4v) is 2.07. The molecule has 1 N–H and O–H groups in total. The first-order valence-corrected chi connectivity index (χ1v) is 6.47. The highest BCUT2D eigenvalue weighted by atomic mass is 16.5. The number of anilines is 1. The standard InChI is InChI=1S/C13H22N2O2/c1-9(2)10(3)12-8-13(14-17-12)15-6-4-11(16)5-7-15/h8-11,16H,4-7H2,1-3H3. The van der Waals surface area contributed by atoms with Crippen LogP contribution in [0.1, 0.15) is 45.3 Å². The summed E-state index contributed by atoms with van der Waals surface area (Å²) >= 11 is 0. The molecule has 1 aliphatic rings. The fraction of sp³-hybridized carbons (Fsp3) is 0.769. The summed E-state index contributed by atoms with van der Waals surface area (Å²) in [6.45, 7) is 8.26. The molecular formula is C13H22N2O2. The molecular weight excluding hydrogens is 216 g/mol. The van der Waals surface area contributed by atoms with E-state index in [0.717, 1.165) is 37.5 Å². The fourth-order valence-electron chi connectivity index (χ4n) is 2.07. The van der Waals surface area contributed by atoms with Crippen molar-refractivity contribution in [3.8, 4) is 0 Å². The Balaban J connectivity index is 2.03. The van der Waals surface area contributed by atoms with Gasteiger partial charge in [-0.15, -0.1) is 0 Å². The normalized spacial score (nSPS) is 19.9. The Hall–Kier alpha value is -1.03. The Morgan fingerprint density at radius 1 is 1.35 bits per heavy atom. The maximum Gasteiger partial charge on any atom is 0.172 e. The highest BCUT2D eigenvalue weighted by molar-refractivity contribution is 5.39. The number of aliphatic hydroxyl groups is 1. The van der Waals surface area contributed by atoms with E-state index in [9.17, 15) is 5.11 Å². The van der Waals surface area contributed by atoms with Crippen LogP contribution in [-0.4, -0.2) is 29.5 Å². The first-order valence-electron chi connectivity index (χ1n) is 6.47. The van der Waals surface area contributed by atoms with E-state index in [-0.39, 0.29) is 6.10 Å². The molecule has 1 aromatic rings. The van der Waals surface area contributed by atoms with E-state index in [1.165, 1.54) is 0 Å². The van der Waals surface area contributed by atoms with Gasteiger partial charge < -0.3 is 14.5 Å². The molecule has 0 saturated carbocycles. The lowest BCUT2D eigenvalue weighted by molar-refractivity contribution is 0.145. The van der Waals surface area contributed by atoms with Crippen LogP contribution in [0.4, 0.5) is 5.82 Å². The molecule has 1 aliphatic heterocycles. The second kappa shape index (κ2) is 5.08. The number of aliphatic hydroxyl groups excluding tert-OH is 1. The van der Waals surface area contributed by atoms with Gasteiger partial charge in [0.05, 0.1) is 6.10 Å². The zero-order chi connectivity index (χ0) is 12.4. The van der Waals surface area contributed by atoms with Crippen LogP contribution >= 0.6 is 0 Å². The minimum Gasteiger partial charge on any atom is -0.393 e. The van der Waals surface area contributed by atoms with E-state index in [4.69, 9.17) is 4.52 Å². The van der Waals surface area contributed by atoms with Gasteiger partial charge in [0.1, 0.15) is 5.76 Å². The third-order valence-electron chi connectivity index (χ3n) is 3.75. The SMILES string of the molecule is CC(C)C(C)c1cc(N2CCC(O)CC2)no1. The van der Waals surface area contributed by atoms with Gasteiger partial charge in [-0.05, 0) is 18.8 Å². The van der Waals surface area contributed by atoms with Gasteiger partial charge in [-0.3, -0.25) is 0 Å². The maximum atomic E-state index is 9.47. The molecule has 4 nitrogen and oxygen atoms in total. The molecule has 96 valence electrons. The predicted octanol–water partition coefficient (Wildman–Crippen LogP) is 2.40. The average Bonchev–Trinajstić information content (AvgIpc) is 2.78. The minimum atomic E-state index is -0.146. The van der Waals surface area contributed by atoms with Gasteiger partial charge in [-0.25, -0.2) is 0 Å². The number of hydrogen-bond donors (Lipinski definition) is 1. The van der Waals surface area contributed by atoms with Crippen molar-refractivity contribution in [1.29, 1.82) is 0 Å². The second-order valence-electron chi connectivity index (χ2n) is 5.34. The molecule has 0 spiro atoms. The third kappa shape index (κ3) is 2.80. The van der Waals surface area contributed by atoms with Crippen LogP contribution in [0.15, 0.2) is 10.6 Å². The number of piperidine rings is 1. The molecule has 1 saturated heterocycles. The lowest BCUT2D eigenvalue weighted by atomic mass is 9.95. The summed E-state index contributed by atoms with van der Waals surface area (Å²) in [6, 6.07) is 2.04. The van der Waals surface area contributed by atoms with Crippen molar-refractivity contribution in [2.75, 3.05) is 18.0 Å². The Bertz CT molecular complexity index is 354. The summed E-state index contributed by atoms with van der Waals surface area (Å²) in [4.78, 5) is 2.19. The van der Waals surface area contributed by atoms with Crippen molar-refractivity contribution < 1.29 is 9.63 Å². The van der Waals surface area contributed by atoms with E-state index >= 15 is 0 Å². The summed E-state index contributed by atoms with van der Waals surface area (Å²) < 4.78 is 5.41. The van der Waals surface area contributed by atoms with Gasteiger partial charge in [0.2, 0.25) is 0 Å². The van der Waals surface area contributed by atoms with Gasteiger partial charge in [-0.2, -0.15) is 0 Å². The lowest BCUT2D eigenvalue weighted by Crippen LogP contribution is -2.35. The van der Waals surface area contributed by atoms with Gasteiger partial charge in [0.15, 0.2) is 5.82 Å². The number of hydrogen-bond acceptors (Lipinski definition) is 4. The van der Waals surface area contributed by atoms with E-state index in [2.05, 4.69) is 30.8 Å². The van der Waals surface area contributed by atoms with Crippen LogP contribution in [0.2, 0.25) is 0 Å². The molecule has 0 aliphatic carbocycles. The van der Waals surface area contributed by atoms with E-state index in [1.807, 2.05) is 6.07 Å². The first-order chi connectivity index (χ1) is 8.08. The summed E-state index contributed by atoms with van der Waals surface area (Å²) in [6.07, 6.45) is 1.50. The van der Waals surface area contributed by atoms with E-state index < -0.39 is 0 Å². The van der Waals surface area contributed by atoms with Gasteiger partial charge in [0, 0.05) is 25.1 Å². The van der Waals surface area contributed by atoms with Gasteiger partial charge in [-0.1, -0.05) is 25.9 Å². The molecule has 2 heterocycles. The molecule has 4 heteroatoms. The zero-order valence-electron chi connectivity index (χ0n) is 10.9. The smallest absolute Gasteiger partial charge is 0.172 e. The molecule has 0 radical (unpaired) electrons. The number of aromatic nitrogens is 1. The second-order valence-corrected chi connectivity index (χ2v) is 5.34. The quantitative estimate of drug-likeness (QED) is 0.878. The lowest BCUT2D eigenvalue weighted by Gasteiger charge is -2.28. The molecule has 0 amide bonds. The van der Waals surface area contributed by atoms with Crippen LogP contribution < -0.4 is 4.90 Å². The van der Waals surface area contributed by atoms with Crippen molar-refractivity contribution >= 4 is 5.82 Å². The molecule has 0 bridgehead atoms. The Labute approximate surface area is 103 Å². The number of rotatable bonds is 3. The first kappa shape index (κ1) is 12.4. The van der Waals surface area contributed by atoms with Crippen LogP contribution in [0.5, 0.6) is 0 Å². The van der Waals surface area contributed by atoms with Crippen LogP contribution in [0, 0.1) is 5.92 Å². The van der Waals surface area contributed by atoms with Crippen LogP contribution in [0.25, 0.3) is 0 Å². The Morgan fingerprint density at radius 2 is 2.00 bits per heavy atom. The molecule has 1 aromatic heterocycles. The summed E-state index contributed by atoms with van der Waals surface area (Å²) in [5, 5.41) is 13.6. The van der Waals surface area contributed by atoms with E-state index in [1.54, 1.807) is 0 Å². The summed E-state index contributed by atoms with van der Waals surface area (Å²) in [5.41, 5.74) is 0. The molecule has 1 fully saturated rings. The topological polar surface area (TPSA) is 49.5 Å². The van der Waals surface area contributed by atoms with Gasteiger partial charge in [0.25, 0.3) is 0 Å². The maximum absolute atomic E-state index is 9.47. The monoisotopic (exact) mass is 238 g/mol. The zero-order valence-corrected chi connectivity index (χ0v) is 10.9. The van der Waals surface area contributed by atoms with Crippen molar-refractivity contribution in [2.24, 2.45) is 5.92 Å². The van der Waals surface area contributed by atoms with E-state index in [0.29, 0.717) is 11.8 Å². The summed E-state index contributed by atoms with van der Waals surface area (Å²) in [7, 11) is 0. The molecule has 0 aromatic carbocycles. The molecule has 1 atom stereocenters. The molecule has 1 unspecified atom stereocenters. The largest absolute Gasteiger partial charge is 0.393 e. The highest BCUT2D eigenvalue weighted by Gasteiger charge is 2.22. The van der Waals surface area contributed by atoms with Crippen molar-refractivity contribution in [1.82, 2.24) is 5.16 Å². The van der Waals surface area contributed by atoms with Crippen molar-refractivity contribution in [3.63, 3.8) is 0 Å². The molecule has 2 rings (SSSR count). The minimum absolute atomic E-state index is 0.146. The Morgan fingerprint density at radius 3 is 2.59 bits per heavy atom. The third-order valence-corrected chi connectivity index (χ3v) is 3.75. The molecule has 17 heavy (non-hydrogen) atoms. The highest BCUT2D eigenvalue weighted by Crippen LogP contribution is 2.28. The Kier molecular flexibility index (Phi) is 3.72. The van der Waals surface area contributed by atoms with Crippen molar-refractivity contribution in [2.45, 2.75) is 45.6 Å². The van der Waals surface area contributed by atoms with Crippen LogP contribution in [0.3, 0.4) is 0 Å². The predicted molar refractivity (Wildman–Crippen MR) is 67.2 cm³/mol. The van der Waals surface area contributed by atoms with Crippen LogP contribution in [-0.2, 0) is 0 Å². The average molecular weight is 238 g/mol.